The average Bonchev–Trinajstić information content (AvgIpc) is 2.56. The number of rotatable bonds is 7. The molecule has 0 saturated carbocycles. The number of hydrogen-bond acceptors (Lipinski definition) is 3. The molecule has 0 spiro atoms. The van der Waals surface area contributed by atoms with Crippen molar-refractivity contribution in [2.75, 3.05) is 19.4 Å². The quantitative estimate of drug-likeness (QED) is 0.756. The monoisotopic (exact) mass is 349 g/mol. The molecule has 0 unspecified atom stereocenters. The van der Waals surface area contributed by atoms with E-state index >= 15 is 0 Å². The first-order chi connectivity index (χ1) is 11.1. The summed E-state index contributed by atoms with van der Waals surface area (Å²) < 4.78 is 5.08. The van der Waals surface area contributed by atoms with Crippen LogP contribution in [0.5, 0.6) is 5.75 Å². The molecule has 2 rings (SSSR count). The fraction of sp³-hybridized carbons (Fsp3) is 0.278. The van der Waals surface area contributed by atoms with Crippen molar-refractivity contribution in [2.45, 2.75) is 12.7 Å². The molecule has 23 heavy (non-hydrogen) atoms. The van der Waals surface area contributed by atoms with Crippen LogP contribution < -0.4 is 10.1 Å². The van der Waals surface area contributed by atoms with Gasteiger partial charge in [-0.25, -0.2) is 0 Å². The third kappa shape index (κ3) is 5.48. The standard InChI is InChI=1S/C18H20ClNO2S/c1-13-3-5-14(6-4-13)12-23-10-9-20-18(21)15-7-8-17(22-2)16(19)11-15/h3-8,11H,9-10,12H2,1-2H3,(H,20,21). The number of thioether (sulfide) groups is 1. The van der Waals surface area contributed by atoms with Gasteiger partial charge in [0, 0.05) is 23.6 Å². The molecule has 1 N–H and O–H groups in total. The number of halogens is 1. The molecule has 122 valence electrons. The number of hydrogen-bond donors (Lipinski definition) is 1. The predicted octanol–water partition coefficient (Wildman–Crippen LogP) is 4.32. The third-order valence-corrected chi connectivity index (χ3v) is 4.66. The molecule has 2 aromatic carbocycles. The molecule has 5 heteroatoms. The smallest absolute Gasteiger partial charge is 0.251 e. The zero-order valence-corrected chi connectivity index (χ0v) is 14.8. The van der Waals surface area contributed by atoms with Gasteiger partial charge in [-0.2, -0.15) is 11.8 Å². The molecule has 0 aromatic heterocycles. The van der Waals surface area contributed by atoms with Crippen molar-refractivity contribution in [3.63, 3.8) is 0 Å². The Kier molecular flexibility index (Phi) is 6.81. The molecule has 3 nitrogen and oxygen atoms in total. The number of benzene rings is 2. The highest BCUT2D eigenvalue weighted by atomic mass is 35.5. The van der Waals surface area contributed by atoms with Gasteiger partial charge in [-0.3, -0.25) is 4.79 Å². The predicted molar refractivity (Wildman–Crippen MR) is 97.7 cm³/mol. The van der Waals surface area contributed by atoms with Crippen molar-refractivity contribution < 1.29 is 9.53 Å². The second-order valence-corrected chi connectivity index (χ2v) is 6.66. The lowest BCUT2D eigenvalue weighted by atomic mass is 10.2. The lowest BCUT2D eigenvalue weighted by molar-refractivity contribution is 0.0956. The van der Waals surface area contributed by atoms with Crippen LogP contribution in [0.15, 0.2) is 42.5 Å². The maximum absolute atomic E-state index is 12.0. The average molecular weight is 350 g/mol. The molecular weight excluding hydrogens is 330 g/mol. The fourth-order valence-electron chi connectivity index (χ4n) is 2.02. The van der Waals surface area contributed by atoms with E-state index in [0.29, 0.717) is 22.9 Å². The summed E-state index contributed by atoms with van der Waals surface area (Å²) in [7, 11) is 1.55. The van der Waals surface area contributed by atoms with Crippen LogP contribution in [0.25, 0.3) is 0 Å². The summed E-state index contributed by atoms with van der Waals surface area (Å²) in [5.41, 5.74) is 3.11. The van der Waals surface area contributed by atoms with Crippen molar-refractivity contribution >= 4 is 29.3 Å². The zero-order valence-electron chi connectivity index (χ0n) is 13.3. The fourth-order valence-corrected chi connectivity index (χ4v) is 3.10. The molecular formula is C18H20ClNO2S. The Morgan fingerprint density at radius 2 is 1.96 bits per heavy atom. The van der Waals surface area contributed by atoms with E-state index in [2.05, 4.69) is 36.5 Å². The number of carbonyl (C=O) groups is 1. The van der Waals surface area contributed by atoms with E-state index in [1.54, 1.807) is 37.1 Å². The summed E-state index contributed by atoms with van der Waals surface area (Å²) in [5, 5.41) is 3.34. The van der Waals surface area contributed by atoms with Crippen molar-refractivity contribution in [1.82, 2.24) is 5.32 Å². The first-order valence-electron chi connectivity index (χ1n) is 7.35. The number of ether oxygens (including phenoxy) is 1. The highest BCUT2D eigenvalue weighted by Crippen LogP contribution is 2.24. The Morgan fingerprint density at radius 1 is 1.22 bits per heavy atom. The Bertz CT molecular complexity index is 659. The summed E-state index contributed by atoms with van der Waals surface area (Å²) in [6.07, 6.45) is 0. The normalized spacial score (nSPS) is 10.4. The van der Waals surface area contributed by atoms with Gasteiger partial charge in [0.05, 0.1) is 12.1 Å². The SMILES string of the molecule is COc1ccc(C(=O)NCCSCc2ccc(C)cc2)cc1Cl. The van der Waals surface area contributed by atoms with E-state index in [1.165, 1.54) is 11.1 Å². The summed E-state index contributed by atoms with van der Waals surface area (Å²) in [6, 6.07) is 13.5. The van der Waals surface area contributed by atoms with Crippen molar-refractivity contribution in [2.24, 2.45) is 0 Å². The minimum absolute atomic E-state index is 0.120. The van der Waals surface area contributed by atoms with Crippen LogP contribution in [0.1, 0.15) is 21.5 Å². The topological polar surface area (TPSA) is 38.3 Å². The van der Waals surface area contributed by atoms with Crippen LogP contribution >= 0.6 is 23.4 Å². The van der Waals surface area contributed by atoms with Gasteiger partial charge in [0.15, 0.2) is 0 Å². The van der Waals surface area contributed by atoms with Gasteiger partial charge in [0.1, 0.15) is 5.75 Å². The highest BCUT2D eigenvalue weighted by molar-refractivity contribution is 7.98. The molecule has 0 bridgehead atoms. The lowest BCUT2D eigenvalue weighted by Gasteiger charge is -2.08. The van der Waals surface area contributed by atoms with Gasteiger partial charge < -0.3 is 10.1 Å². The van der Waals surface area contributed by atoms with E-state index in [4.69, 9.17) is 16.3 Å². The van der Waals surface area contributed by atoms with Gasteiger partial charge in [-0.15, -0.1) is 0 Å². The minimum Gasteiger partial charge on any atom is -0.495 e. The van der Waals surface area contributed by atoms with E-state index in [-0.39, 0.29) is 5.91 Å². The van der Waals surface area contributed by atoms with Crippen LogP contribution in [0.2, 0.25) is 5.02 Å². The first kappa shape index (κ1) is 17.7. The number of amides is 1. The van der Waals surface area contributed by atoms with E-state index < -0.39 is 0 Å². The molecule has 0 aliphatic heterocycles. The summed E-state index contributed by atoms with van der Waals surface area (Å²) in [5.74, 6) is 2.26. The molecule has 0 saturated heterocycles. The molecule has 0 heterocycles. The van der Waals surface area contributed by atoms with E-state index in [0.717, 1.165) is 11.5 Å². The van der Waals surface area contributed by atoms with Crippen LogP contribution in [-0.4, -0.2) is 25.3 Å². The maximum Gasteiger partial charge on any atom is 0.251 e. The highest BCUT2D eigenvalue weighted by Gasteiger charge is 2.08. The molecule has 0 aliphatic carbocycles. The Labute approximate surface area is 146 Å². The molecule has 0 aliphatic rings. The van der Waals surface area contributed by atoms with Gasteiger partial charge in [-0.1, -0.05) is 41.4 Å². The maximum atomic E-state index is 12.0. The van der Waals surface area contributed by atoms with Gasteiger partial charge in [-0.05, 0) is 30.7 Å². The van der Waals surface area contributed by atoms with Crippen LogP contribution in [-0.2, 0) is 5.75 Å². The van der Waals surface area contributed by atoms with Gasteiger partial charge in [0.2, 0.25) is 0 Å². The zero-order chi connectivity index (χ0) is 16.7. The van der Waals surface area contributed by atoms with Gasteiger partial charge >= 0.3 is 0 Å². The largest absolute Gasteiger partial charge is 0.495 e. The minimum atomic E-state index is -0.120. The Balaban J connectivity index is 1.72. The van der Waals surface area contributed by atoms with Crippen LogP contribution in [0, 0.1) is 6.92 Å². The number of carbonyl (C=O) groups excluding carboxylic acids is 1. The second-order valence-electron chi connectivity index (χ2n) is 5.14. The second kappa shape index (κ2) is 8.85. The Hall–Kier alpha value is -1.65. The Morgan fingerprint density at radius 3 is 2.61 bits per heavy atom. The molecule has 1 amide bonds. The van der Waals surface area contributed by atoms with Gasteiger partial charge in [0.25, 0.3) is 5.91 Å². The number of aryl methyl sites for hydroxylation is 1. The molecule has 0 radical (unpaired) electrons. The summed E-state index contributed by atoms with van der Waals surface area (Å²) >= 11 is 7.82. The molecule has 0 fully saturated rings. The number of nitrogens with one attached hydrogen (secondary N) is 1. The van der Waals surface area contributed by atoms with Crippen molar-refractivity contribution in [3.8, 4) is 5.75 Å². The van der Waals surface area contributed by atoms with Crippen LogP contribution in [0.4, 0.5) is 0 Å². The number of methoxy groups -OCH3 is 1. The third-order valence-electron chi connectivity index (χ3n) is 3.34. The lowest BCUT2D eigenvalue weighted by Crippen LogP contribution is -2.25. The van der Waals surface area contributed by atoms with Crippen molar-refractivity contribution in [1.29, 1.82) is 0 Å². The molecule has 0 atom stereocenters. The first-order valence-corrected chi connectivity index (χ1v) is 8.88. The van der Waals surface area contributed by atoms with Crippen LogP contribution in [0.3, 0.4) is 0 Å². The van der Waals surface area contributed by atoms with E-state index in [1.807, 2.05) is 0 Å². The van der Waals surface area contributed by atoms with Crippen molar-refractivity contribution in [3.05, 3.63) is 64.2 Å². The molecule has 2 aromatic rings. The summed E-state index contributed by atoms with van der Waals surface area (Å²) in [4.78, 5) is 12.0. The van der Waals surface area contributed by atoms with E-state index in [9.17, 15) is 4.79 Å². The summed E-state index contributed by atoms with van der Waals surface area (Å²) in [6.45, 7) is 2.71.